The maximum Gasteiger partial charge on any atom is 0.161 e. The van der Waals surface area contributed by atoms with Gasteiger partial charge in [-0.05, 0) is 47.6 Å². The van der Waals surface area contributed by atoms with E-state index in [4.69, 9.17) is 9.47 Å². The second kappa shape index (κ2) is 8.37. The Morgan fingerprint density at radius 3 is 2.40 bits per heavy atom. The van der Waals surface area contributed by atoms with Gasteiger partial charge in [-0.25, -0.2) is 0 Å². The van der Waals surface area contributed by atoms with E-state index < -0.39 is 0 Å². The minimum atomic E-state index is -0.161. The number of ether oxygens (including phenoxy) is 2. The lowest BCUT2D eigenvalue weighted by Crippen LogP contribution is -2.27. The van der Waals surface area contributed by atoms with Crippen molar-refractivity contribution in [3.8, 4) is 22.6 Å². The van der Waals surface area contributed by atoms with Crippen molar-refractivity contribution in [1.29, 1.82) is 0 Å². The van der Waals surface area contributed by atoms with Crippen LogP contribution in [0.1, 0.15) is 24.8 Å². The molecule has 0 bridgehead atoms. The molecule has 2 atom stereocenters. The molecular weight excluding hydrogens is 314 g/mol. The predicted molar refractivity (Wildman–Crippen MR) is 100 cm³/mol. The molecule has 2 aromatic rings. The standard InChI is InChI=1S/C21H27NO3/c1-24-20-11-17(14-22-13-16-9-6-10-19(16)23)18(12-21(20)25-2)15-7-4-3-5-8-15/h3-5,7-8,11-12,16,19,22-23H,6,9-10,13-14H2,1-2H3. The summed E-state index contributed by atoms with van der Waals surface area (Å²) in [5.41, 5.74) is 3.45. The van der Waals surface area contributed by atoms with Crippen LogP contribution >= 0.6 is 0 Å². The number of benzene rings is 2. The molecule has 0 saturated heterocycles. The van der Waals surface area contributed by atoms with Gasteiger partial charge in [-0.15, -0.1) is 0 Å². The molecule has 2 unspecified atom stereocenters. The lowest BCUT2D eigenvalue weighted by atomic mass is 9.98. The van der Waals surface area contributed by atoms with Crippen LogP contribution < -0.4 is 14.8 Å². The van der Waals surface area contributed by atoms with E-state index in [-0.39, 0.29) is 6.10 Å². The highest BCUT2D eigenvalue weighted by atomic mass is 16.5. The Morgan fingerprint density at radius 2 is 1.76 bits per heavy atom. The van der Waals surface area contributed by atoms with Crippen molar-refractivity contribution in [3.05, 3.63) is 48.0 Å². The van der Waals surface area contributed by atoms with E-state index in [0.717, 1.165) is 60.5 Å². The average Bonchev–Trinajstić information content (AvgIpc) is 3.07. The molecule has 2 aromatic carbocycles. The summed E-state index contributed by atoms with van der Waals surface area (Å²) in [5.74, 6) is 1.83. The SMILES string of the molecule is COc1cc(CNCC2CCCC2O)c(-c2ccccc2)cc1OC. The van der Waals surface area contributed by atoms with Crippen molar-refractivity contribution < 1.29 is 14.6 Å². The first-order chi connectivity index (χ1) is 12.2. The normalized spacial score (nSPS) is 19.8. The predicted octanol–water partition coefficient (Wildman–Crippen LogP) is 3.62. The van der Waals surface area contributed by atoms with Crippen molar-refractivity contribution in [3.63, 3.8) is 0 Å². The molecule has 0 aliphatic heterocycles. The van der Waals surface area contributed by atoms with Crippen molar-refractivity contribution in [2.45, 2.75) is 31.9 Å². The summed E-state index contributed by atoms with van der Waals surface area (Å²) >= 11 is 0. The summed E-state index contributed by atoms with van der Waals surface area (Å²) in [6, 6.07) is 14.4. The minimum Gasteiger partial charge on any atom is -0.493 e. The third kappa shape index (κ3) is 4.14. The fourth-order valence-corrected chi connectivity index (χ4v) is 3.60. The first kappa shape index (κ1) is 17.8. The summed E-state index contributed by atoms with van der Waals surface area (Å²) in [6.07, 6.45) is 2.99. The van der Waals surface area contributed by atoms with Crippen LogP contribution in [0.25, 0.3) is 11.1 Å². The Kier molecular flexibility index (Phi) is 5.95. The highest BCUT2D eigenvalue weighted by Gasteiger charge is 2.24. The number of aliphatic hydroxyl groups excluding tert-OH is 1. The quantitative estimate of drug-likeness (QED) is 0.808. The second-order valence-corrected chi connectivity index (χ2v) is 6.62. The third-order valence-electron chi connectivity index (χ3n) is 5.04. The first-order valence-electron chi connectivity index (χ1n) is 8.92. The minimum absolute atomic E-state index is 0.161. The Hall–Kier alpha value is -2.04. The molecule has 1 aliphatic rings. The van der Waals surface area contributed by atoms with Gasteiger partial charge in [0.2, 0.25) is 0 Å². The van der Waals surface area contributed by atoms with Crippen LogP contribution in [-0.4, -0.2) is 32.0 Å². The van der Waals surface area contributed by atoms with E-state index in [1.807, 2.05) is 30.3 Å². The van der Waals surface area contributed by atoms with Crippen molar-refractivity contribution in [1.82, 2.24) is 5.32 Å². The molecule has 0 amide bonds. The van der Waals surface area contributed by atoms with Gasteiger partial charge in [0.05, 0.1) is 20.3 Å². The smallest absolute Gasteiger partial charge is 0.161 e. The van der Waals surface area contributed by atoms with E-state index >= 15 is 0 Å². The van der Waals surface area contributed by atoms with Gasteiger partial charge in [0.25, 0.3) is 0 Å². The van der Waals surface area contributed by atoms with Crippen LogP contribution in [0.5, 0.6) is 11.5 Å². The summed E-state index contributed by atoms with van der Waals surface area (Å²) in [7, 11) is 3.32. The largest absolute Gasteiger partial charge is 0.493 e. The highest BCUT2D eigenvalue weighted by Crippen LogP contribution is 2.36. The molecule has 25 heavy (non-hydrogen) atoms. The molecule has 0 radical (unpaired) electrons. The zero-order valence-electron chi connectivity index (χ0n) is 15.0. The lowest BCUT2D eigenvalue weighted by Gasteiger charge is -2.18. The van der Waals surface area contributed by atoms with E-state index in [1.165, 1.54) is 0 Å². The van der Waals surface area contributed by atoms with Crippen LogP contribution in [-0.2, 0) is 6.54 Å². The second-order valence-electron chi connectivity index (χ2n) is 6.62. The van der Waals surface area contributed by atoms with Gasteiger partial charge in [0.1, 0.15) is 0 Å². The monoisotopic (exact) mass is 341 g/mol. The molecule has 0 aromatic heterocycles. The van der Waals surface area contributed by atoms with Gasteiger partial charge in [-0.1, -0.05) is 36.8 Å². The topological polar surface area (TPSA) is 50.7 Å². The van der Waals surface area contributed by atoms with E-state index in [0.29, 0.717) is 5.92 Å². The fourth-order valence-electron chi connectivity index (χ4n) is 3.60. The van der Waals surface area contributed by atoms with E-state index in [9.17, 15) is 5.11 Å². The van der Waals surface area contributed by atoms with Gasteiger partial charge in [0, 0.05) is 13.1 Å². The summed E-state index contributed by atoms with van der Waals surface area (Å²) in [4.78, 5) is 0. The molecule has 4 heteroatoms. The van der Waals surface area contributed by atoms with Crippen LogP contribution in [0.3, 0.4) is 0 Å². The van der Waals surface area contributed by atoms with E-state index in [2.05, 4.69) is 17.4 Å². The Bertz CT molecular complexity index is 687. The van der Waals surface area contributed by atoms with Gasteiger partial charge in [-0.2, -0.15) is 0 Å². The first-order valence-corrected chi connectivity index (χ1v) is 8.92. The molecule has 2 N–H and O–H groups in total. The number of methoxy groups -OCH3 is 2. The number of rotatable bonds is 7. The zero-order chi connectivity index (χ0) is 17.6. The average molecular weight is 341 g/mol. The molecular formula is C21H27NO3. The summed E-state index contributed by atoms with van der Waals surface area (Å²) in [5, 5.41) is 13.5. The number of aliphatic hydroxyl groups is 1. The lowest BCUT2D eigenvalue weighted by molar-refractivity contribution is 0.131. The van der Waals surface area contributed by atoms with Crippen LogP contribution in [0.4, 0.5) is 0 Å². The molecule has 0 spiro atoms. The fraction of sp³-hybridized carbons (Fsp3) is 0.429. The number of hydrogen-bond acceptors (Lipinski definition) is 4. The Balaban J connectivity index is 1.82. The summed E-state index contributed by atoms with van der Waals surface area (Å²) in [6.45, 7) is 1.57. The van der Waals surface area contributed by atoms with Crippen LogP contribution in [0.2, 0.25) is 0 Å². The zero-order valence-corrected chi connectivity index (χ0v) is 15.0. The van der Waals surface area contributed by atoms with Gasteiger partial charge in [0.15, 0.2) is 11.5 Å². The van der Waals surface area contributed by atoms with Crippen LogP contribution in [0, 0.1) is 5.92 Å². The van der Waals surface area contributed by atoms with Gasteiger partial charge in [-0.3, -0.25) is 0 Å². The van der Waals surface area contributed by atoms with Crippen molar-refractivity contribution in [2.24, 2.45) is 5.92 Å². The van der Waals surface area contributed by atoms with E-state index in [1.54, 1.807) is 14.2 Å². The maximum absolute atomic E-state index is 9.99. The van der Waals surface area contributed by atoms with Crippen LogP contribution in [0.15, 0.2) is 42.5 Å². The molecule has 1 fully saturated rings. The highest BCUT2D eigenvalue weighted by molar-refractivity contribution is 5.71. The Labute approximate surface area is 149 Å². The summed E-state index contributed by atoms with van der Waals surface area (Å²) < 4.78 is 10.9. The molecule has 1 saturated carbocycles. The molecule has 1 aliphatic carbocycles. The van der Waals surface area contributed by atoms with Gasteiger partial charge >= 0.3 is 0 Å². The maximum atomic E-state index is 9.99. The molecule has 134 valence electrons. The third-order valence-corrected chi connectivity index (χ3v) is 5.04. The number of hydrogen-bond donors (Lipinski definition) is 2. The van der Waals surface area contributed by atoms with Crippen molar-refractivity contribution >= 4 is 0 Å². The molecule has 0 heterocycles. The Morgan fingerprint density at radius 1 is 1.04 bits per heavy atom. The number of nitrogens with one attached hydrogen (secondary N) is 1. The van der Waals surface area contributed by atoms with Gasteiger partial charge < -0.3 is 19.9 Å². The molecule has 3 rings (SSSR count). The molecule has 4 nitrogen and oxygen atoms in total. The van der Waals surface area contributed by atoms with Crippen molar-refractivity contribution in [2.75, 3.05) is 20.8 Å².